The second kappa shape index (κ2) is 5.96. The Morgan fingerprint density at radius 1 is 0.947 bits per heavy atom. The summed E-state index contributed by atoms with van der Waals surface area (Å²) in [6.07, 6.45) is 0. The maximum atomic E-state index is 6.17. The molecule has 0 amide bonds. The van der Waals surface area contributed by atoms with Gasteiger partial charge in [0, 0.05) is 16.6 Å². The number of nitrogens with one attached hydrogen (secondary N) is 1. The first-order valence-corrected chi connectivity index (χ1v) is 6.98. The Labute approximate surface area is 124 Å². The van der Waals surface area contributed by atoms with Gasteiger partial charge >= 0.3 is 0 Å². The molecule has 0 aromatic heterocycles. The van der Waals surface area contributed by atoms with E-state index >= 15 is 0 Å². The zero-order chi connectivity index (χ0) is 14.0. The third kappa shape index (κ3) is 3.11. The van der Waals surface area contributed by atoms with Crippen LogP contribution in [0.3, 0.4) is 0 Å². The van der Waals surface area contributed by atoms with Crippen LogP contribution in [0, 0.1) is 13.8 Å². The number of hydrogen-bond acceptors (Lipinski definition) is 1. The van der Waals surface area contributed by atoms with Crippen molar-refractivity contribution in [1.82, 2.24) is 5.32 Å². The van der Waals surface area contributed by atoms with Crippen LogP contribution in [0.2, 0.25) is 10.0 Å². The lowest BCUT2D eigenvalue weighted by Crippen LogP contribution is -2.06. The van der Waals surface area contributed by atoms with Crippen molar-refractivity contribution >= 4 is 23.2 Å². The predicted octanol–water partition coefficient (Wildman–Crippen LogP) is 5.00. The van der Waals surface area contributed by atoms with Crippen molar-refractivity contribution in [2.45, 2.75) is 20.4 Å². The Morgan fingerprint density at radius 3 is 2.37 bits per heavy atom. The number of rotatable bonds is 3. The Morgan fingerprint density at radius 2 is 1.68 bits per heavy atom. The maximum Gasteiger partial charge on any atom is 0.0438 e. The fourth-order valence-corrected chi connectivity index (χ4v) is 2.61. The molecule has 19 heavy (non-hydrogen) atoms. The standard InChI is InChI=1S/C16H17Cl2N/c1-10-7-16(18)11(2)6-14(10)15-8-13(17)5-4-12(15)9-19-3/h4-8,19H,9H2,1-3H3. The molecule has 0 fully saturated rings. The molecule has 0 bridgehead atoms. The Bertz CT molecular complexity index is 606. The molecular formula is C16H17Cl2N. The minimum Gasteiger partial charge on any atom is -0.316 e. The van der Waals surface area contributed by atoms with Gasteiger partial charge in [-0.15, -0.1) is 0 Å². The van der Waals surface area contributed by atoms with Gasteiger partial charge in [0.2, 0.25) is 0 Å². The monoisotopic (exact) mass is 293 g/mol. The van der Waals surface area contributed by atoms with Crippen LogP contribution in [-0.4, -0.2) is 7.05 Å². The largest absolute Gasteiger partial charge is 0.316 e. The van der Waals surface area contributed by atoms with Gasteiger partial charge in [-0.05, 0) is 73.0 Å². The number of aryl methyl sites for hydroxylation is 2. The molecule has 3 heteroatoms. The van der Waals surface area contributed by atoms with E-state index in [0.717, 1.165) is 27.7 Å². The van der Waals surface area contributed by atoms with E-state index in [1.165, 1.54) is 16.7 Å². The van der Waals surface area contributed by atoms with Gasteiger partial charge in [-0.1, -0.05) is 29.3 Å². The lowest BCUT2D eigenvalue weighted by atomic mass is 9.94. The lowest BCUT2D eigenvalue weighted by molar-refractivity contribution is 0.819. The molecule has 2 aromatic carbocycles. The highest BCUT2D eigenvalue weighted by Gasteiger charge is 2.10. The van der Waals surface area contributed by atoms with Crippen LogP contribution in [0.25, 0.3) is 11.1 Å². The summed E-state index contributed by atoms with van der Waals surface area (Å²) < 4.78 is 0. The Balaban J connectivity index is 2.63. The molecule has 0 aliphatic rings. The van der Waals surface area contributed by atoms with Crippen LogP contribution >= 0.6 is 23.2 Å². The fraction of sp³-hybridized carbons (Fsp3) is 0.250. The van der Waals surface area contributed by atoms with Gasteiger partial charge in [-0.3, -0.25) is 0 Å². The van der Waals surface area contributed by atoms with E-state index in [0.29, 0.717) is 0 Å². The van der Waals surface area contributed by atoms with Crippen molar-refractivity contribution in [1.29, 1.82) is 0 Å². The zero-order valence-corrected chi connectivity index (χ0v) is 12.9. The summed E-state index contributed by atoms with van der Waals surface area (Å²) in [6.45, 7) is 4.91. The van der Waals surface area contributed by atoms with E-state index in [-0.39, 0.29) is 0 Å². The van der Waals surface area contributed by atoms with Crippen LogP contribution < -0.4 is 5.32 Å². The van der Waals surface area contributed by atoms with Crippen LogP contribution in [0.5, 0.6) is 0 Å². The number of halogens is 2. The third-order valence-electron chi connectivity index (χ3n) is 3.23. The summed E-state index contributed by atoms with van der Waals surface area (Å²) in [5, 5.41) is 4.75. The average molecular weight is 294 g/mol. The van der Waals surface area contributed by atoms with Gasteiger partial charge in [0.15, 0.2) is 0 Å². The molecule has 0 unspecified atom stereocenters. The highest BCUT2D eigenvalue weighted by molar-refractivity contribution is 6.31. The normalized spacial score (nSPS) is 10.8. The van der Waals surface area contributed by atoms with E-state index < -0.39 is 0 Å². The fourth-order valence-electron chi connectivity index (χ4n) is 2.22. The first kappa shape index (κ1) is 14.4. The molecule has 2 rings (SSSR count). The first-order chi connectivity index (χ1) is 9.02. The van der Waals surface area contributed by atoms with Crippen molar-refractivity contribution in [3.8, 4) is 11.1 Å². The average Bonchev–Trinajstić information content (AvgIpc) is 2.36. The molecule has 2 aromatic rings. The highest BCUT2D eigenvalue weighted by atomic mass is 35.5. The first-order valence-electron chi connectivity index (χ1n) is 6.23. The molecule has 0 radical (unpaired) electrons. The molecular weight excluding hydrogens is 277 g/mol. The lowest BCUT2D eigenvalue weighted by Gasteiger charge is -2.14. The minimum absolute atomic E-state index is 0.752. The minimum atomic E-state index is 0.752. The molecule has 0 heterocycles. The second-order valence-corrected chi connectivity index (χ2v) is 5.59. The summed E-state index contributed by atoms with van der Waals surface area (Å²) in [6, 6.07) is 10.1. The highest BCUT2D eigenvalue weighted by Crippen LogP contribution is 2.32. The Kier molecular flexibility index (Phi) is 4.51. The molecule has 100 valence electrons. The molecule has 1 N–H and O–H groups in total. The van der Waals surface area contributed by atoms with Crippen molar-refractivity contribution in [3.63, 3.8) is 0 Å². The van der Waals surface area contributed by atoms with Gasteiger partial charge in [0.25, 0.3) is 0 Å². The zero-order valence-electron chi connectivity index (χ0n) is 11.3. The molecule has 0 spiro atoms. The Hall–Kier alpha value is -1.02. The van der Waals surface area contributed by atoms with E-state index in [1.54, 1.807) is 0 Å². The summed E-state index contributed by atoms with van der Waals surface area (Å²) in [5.74, 6) is 0. The van der Waals surface area contributed by atoms with E-state index in [2.05, 4.69) is 24.4 Å². The molecule has 0 saturated carbocycles. The van der Waals surface area contributed by atoms with Gasteiger partial charge in [-0.25, -0.2) is 0 Å². The SMILES string of the molecule is CNCc1ccc(Cl)cc1-c1cc(C)c(Cl)cc1C. The van der Waals surface area contributed by atoms with Gasteiger partial charge in [0.05, 0.1) is 0 Å². The van der Waals surface area contributed by atoms with Crippen LogP contribution in [-0.2, 0) is 6.54 Å². The van der Waals surface area contributed by atoms with Crippen LogP contribution in [0.4, 0.5) is 0 Å². The van der Waals surface area contributed by atoms with Crippen LogP contribution in [0.15, 0.2) is 30.3 Å². The third-order valence-corrected chi connectivity index (χ3v) is 3.88. The molecule has 1 nitrogen and oxygen atoms in total. The van der Waals surface area contributed by atoms with Gasteiger partial charge in [0.1, 0.15) is 0 Å². The van der Waals surface area contributed by atoms with E-state index in [9.17, 15) is 0 Å². The van der Waals surface area contributed by atoms with Crippen molar-refractivity contribution in [2.75, 3.05) is 7.05 Å². The van der Waals surface area contributed by atoms with Crippen LogP contribution in [0.1, 0.15) is 16.7 Å². The molecule has 0 saturated heterocycles. The molecule has 0 aliphatic heterocycles. The van der Waals surface area contributed by atoms with E-state index in [1.807, 2.05) is 32.2 Å². The van der Waals surface area contributed by atoms with Gasteiger partial charge < -0.3 is 5.32 Å². The molecule has 0 atom stereocenters. The van der Waals surface area contributed by atoms with Crippen molar-refractivity contribution < 1.29 is 0 Å². The summed E-state index contributed by atoms with van der Waals surface area (Å²) in [7, 11) is 1.94. The predicted molar refractivity (Wildman–Crippen MR) is 84.1 cm³/mol. The maximum absolute atomic E-state index is 6.17. The van der Waals surface area contributed by atoms with Gasteiger partial charge in [-0.2, -0.15) is 0 Å². The summed E-state index contributed by atoms with van der Waals surface area (Å²) in [4.78, 5) is 0. The summed E-state index contributed by atoms with van der Waals surface area (Å²) in [5.41, 5.74) is 5.83. The van der Waals surface area contributed by atoms with Crippen molar-refractivity contribution in [2.24, 2.45) is 0 Å². The number of hydrogen-bond donors (Lipinski definition) is 1. The summed E-state index contributed by atoms with van der Waals surface area (Å²) >= 11 is 12.3. The number of benzene rings is 2. The van der Waals surface area contributed by atoms with E-state index in [4.69, 9.17) is 23.2 Å². The topological polar surface area (TPSA) is 12.0 Å². The van der Waals surface area contributed by atoms with Crippen molar-refractivity contribution in [3.05, 3.63) is 57.1 Å². The smallest absolute Gasteiger partial charge is 0.0438 e. The molecule has 0 aliphatic carbocycles. The second-order valence-electron chi connectivity index (χ2n) is 4.75. The quantitative estimate of drug-likeness (QED) is 0.840.